The van der Waals surface area contributed by atoms with Gasteiger partial charge in [-0.3, -0.25) is 4.99 Å². The van der Waals surface area contributed by atoms with Gasteiger partial charge in [0.15, 0.2) is 0 Å². The molecule has 0 saturated carbocycles. The van der Waals surface area contributed by atoms with Gasteiger partial charge in [0.05, 0.1) is 5.70 Å². The minimum absolute atomic E-state index is 0.133. The fourth-order valence-electron chi connectivity index (χ4n) is 0.407. The zero-order chi connectivity index (χ0) is 7.28. The molecule has 1 N–H and O–H groups in total. The SMILES string of the molecule is C=C/C(O)=C(/C)N=CC. The maximum absolute atomic E-state index is 8.91. The number of aliphatic hydroxyl groups excluding tert-OH is 1. The zero-order valence-electron chi connectivity index (χ0n) is 5.76. The zero-order valence-corrected chi connectivity index (χ0v) is 5.76. The van der Waals surface area contributed by atoms with Gasteiger partial charge in [-0.1, -0.05) is 6.58 Å². The summed E-state index contributed by atoms with van der Waals surface area (Å²) in [5, 5.41) is 8.91. The van der Waals surface area contributed by atoms with E-state index < -0.39 is 0 Å². The van der Waals surface area contributed by atoms with Crippen molar-refractivity contribution in [3.8, 4) is 0 Å². The lowest BCUT2D eigenvalue weighted by atomic mass is 10.4. The number of aliphatic hydroxyl groups is 1. The average Bonchev–Trinajstić information content (AvgIpc) is 1.87. The van der Waals surface area contributed by atoms with Gasteiger partial charge >= 0.3 is 0 Å². The first-order valence-corrected chi connectivity index (χ1v) is 2.73. The van der Waals surface area contributed by atoms with E-state index in [2.05, 4.69) is 11.6 Å². The molecule has 0 unspecified atom stereocenters. The maximum atomic E-state index is 8.91. The van der Waals surface area contributed by atoms with E-state index in [4.69, 9.17) is 5.11 Å². The van der Waals surface area contributed by atoms with Crippen LogP contribution in [0.25, 0.3) is 0 Å². The van der Waals surface area contributed by atoms with E-state index in [1.165, 1.54) is 6.08 Å². The summed E-state index contributed by atoms with van der Waals surface area (Å²) in [6.07, 6.45) is 2.98. The van der Waals surface area contributed by atoms with Crippen molar-refractivity contribution < 1.29 is 5.11 Å². The van der Waals surface area contributed by atoms with Gasteiger partial charge < -0.3 is 5.11 Å². The molecule has 2 heteroatoms. The Morgan fingerprint density at radius 1 is 1.67 bits per heavy atom. The highest BCUT2D eigenvalue weighted by Gasteiger charge is 1.88. The molecule has 0 heterocycles. The standard InChI is InChI=1S/C7H11NO/c1-4-7(9)6(3)8-5-2/h4-5,9H,1H2,2-3H3/b7-6+,8-5?. The van der Waals surface area contributed by atoms with E-state index in [-0.39, 0.29) is 5.76 Å². The van der Waals surface area contributed by atoms with Gasteiger partial charge in [-0.2, -0.15) is 0 Å². The highest BCUT2D eigenvalue weighted by molar-refractivity contribution is 5.55. The predicted octanol–water partition coefficient (Wildman–Crippen LogP) is 2.05. The molecule has 0 aromatic rings. The Labute approximate surface area is 55.2 Å². The molecule has 0 bridgehead atoms. The van der Waals surface area contributed by atoms with Crippen LogP contribution in [-0.4, -0.2) is 11.3 Å². The van der Waals surface area contributed by atoms with Gasteiger partial charge in [-0.15, -0.1) is 0 Å². The van der Waals surface area contributed by atoms with Crippen LogP contribution in [0.5, 0.6) is 0 Å². The molecular weight excluding hydrogens is 114 g/mol. The van der Waals surface area contributed by atoms with Crippen molar-refractivity contribution in [2.24, 2.45) is 4.99 Å². The first-order valence-electron chi connectivity index (χ1n) is 2.73. The number of nitrogens with zero attached hydrogens (tertiary/aromatic N) is 1. The van der Waals surface area contributed by atoms with Gasteiger partial charge in [-0.05, 0) is 19.9 Å². The van der Waals surface area contributed by atoms with Crippen LogP contribution >= 0.6 is 0 Å². The van der Waals surface area contributed by atoms with Crippen molar-refractivity contribution in [1.29, 1.82) is 0 Å². The predicted molar refractivity (Wildman–Crippen MR) is 39.7 cm³/mol. The molecular formula is C7H11NO. The second-order valence-corrected chi connectivity index (χ2v) is 1.56. The van der Waals surface area contributed by atoms with Crippen LogP contribution in [-0.2, 0) is 0 Å². The second kappa shape index (κ2) is 3.89. The molecule has 0 spiro atoms. The molecule has 0 saturated heterocycles. The molecule has 2 nitrogen and oxygen atoms in total. The quantitative estimate of drug-likeness (QED) is 0.342. The molecule has 0 rings (SSSR count). The first kappa shape index (κ1) is 7.95. The van der Waals surface area contributed by atoms with Crippen LogP contribution in [0.1, 0.15) is 13.8 Å². The van der Waals surface area contributed by atoms with E-state index in [1.54, 1.807) is 20.1 Å². The number of rotatable bonds is 2. The third-order valence-electron chi connectivity index (χ3n) is 0.887. The lowest BCUT2D eigenvalue weighted by molar-refractivity contribution is 0.425. The third kappa shape index (κ3) is 2.69. The molecule has 0 aliphatic heterocycles. The summed E-state index contributed by atoms with van der Waals surface area (Å²) < 4.78 is 0. The summed E-state index contributed by atoms with van der Waals surface area (Å²) in [6, 6.07) is 0. The molecule has 0 amide bonds. The van der Waals surface area contributed by atoms with Gasteiger partial charge in [0, 0.05) is 6.21 Å². The number of hydrogen-bond donors (Lipinski definition) is 1. The molecule has 0 radical (unpaired) electrons. The molecule has 9 heavy (non-hydrogen) atoms. The first-order chi connectivity index (χ1) is 4.22. The molecule has 50 valence electrons. The summed E-state index contributed by atoms with van der Waals surface area (Å²) in [4.78, 5) is 3.83. The summed E-state index contributed by atoms with van der Waals surface area (Å²) >= 11 is 0. The van der Waals surface area contributed by atoms with E-state index in [1.807, 2.05) is 0 Å². The lowest BCUT2D eigenvalue weighted by Crippen LogP contribution is -1.78. The Balaban J connectivity index is 4.27. The van der Waals surface area contributed by atoms with Gasteiger partial charge in [0.25, 0.3) is 0 Å². The van der Waals surface area contributed by atoms with Crippen LogP contribution in [0.2, 0.25) is 0 Å². The Morgan fingerprint density at radius 2 is 2.22 bits per heavy atom. The average molecular weight is 125 g/mol. The Bertz CT molecular complexity index is 156. The van der Waals surface area contributed by atoms with E-state index >= 15 is 0 Å². The summed E-state index contributed by atoms with van der Waals surface area (Å²) in [6.45, 7) is 6.89. The van der Waals surface area contributed by atoms with Gasteiger partial charge in [-0.25, -0.2) is 0 Å². The highest BCUT2D eigenvalue weighted by atomic mass is 16.3. The third-order valence-corrected chi connectivity index (χ3v) is 0.887. The summed E-state index contributed by atoms with van der Waals surface area (Å²) in [7, 11) is 0. The molecule has 0 aliphatic rings. The topological polar surface area (TPSA) is 32.6 Å². The van der Waals surface area contributed by atoms with Crippen molar-refractivity contribution in [2.75, 3.05) is 0 Å². The van der Waals surface area contributed by atoms with Crippen molar-refractivity contribution in [3.05, 3.63) is 24.1 Å². The monoisotopic (exact) mass is 125 g/mol. The fourth-order valence-corrected chi connectivity index (χ4v) is 0.407. The van der Waals surface area contributed by atoms with Crippen molar-refractivity contribution in [2.45, 2.75) is 13.8 Å². The normalized spacial score (nSPS) is 13.6. The van der Waals surface area contributed by atoms with E-state index in [0.29, 0.717) is 5.70 Å². The second-order valence-electron chi connectivity index (χ2n) is 1.56. The number of hydrogen-bond acceptors (Lipinski definition) is 2. The Morgan fingerprint density at radius 3 is 2.56 bits per heavy atom. The molecule has 0 aromatic heterocycles. The van der Waals surface area contributed by atoms with Gasteiger partial charge in [0.1, 0.15) is 5.76 Å². The van der Waals surface area contributed by atoms with E-state index in [0.717, 1.165) is 0 Å². The number of allylic oxidation sites excluding steroid dienone is 2. The minimum Gasteiger partial charge on any atom is -0.506 e. The van der Waals surface area contributed by atoms with E-state index in [9.17, 15) is 0 Å². The smallest absolute Gasteiger partial charge is 0.136 e. The maximum Gasteiger partial charge on any atom is 0.136 e. The van der Waals surface area contributed by atoms with Crippen molar-refractivity contribution >= 4 is 6.21 Å². The van der Waals surface area contributed by atoms with Crippen molar-refractivity contribution in [1.82, 2.24) is 0 Å². The minimum atomic E-state index is 0.133. The largest absolute Gasteiger partial charge is 0.506 e. The Kier molecular flexibility index (Phi) is 3.44. The molecule has 0 aromatic carbocycles. The summed E-state index contributed by atoms with van der Waals surface area (Å²) in [5.74, 6) is 0.133. The molecule has 0 fully saturated rings. The van der Waals surface area contributed by atoms with Crippen LogP contribution in [0.3, 0.4) is 0 Å². The molecule has 0 aliphatic carbocycles. The number of aliphatic imine (C=N–C) groups is 1. The fraction of sp³-hybridized carbons (Fsp3) is 0.286. The van der Waals surface area contributed by atoms with Crippen LogP contribution in [0.15, 0.2) is 29.1 Å². The Hall–Kier alpha value is -1.05. The van der Waals surface area contributed by atoms with Crippen LogP contribution < -0.4 is 0 Å². The summed E-state index contributed by atoms with van der Waals surface area (Å²) in [5.41, 5.74) is 0.590. The lowest BCUT2D eigenvalue weighted by Gasteiger charge is -1.91. The van der Waals surface area contributed by atoms with Crippen LogP contribution in [0.4, 0.5) is 0 Å². The van der Waals surface area contributed by atoms with Gasteiger partial charge in [0.2, 0.25) is 0 Å². The molecule has 0 atom stereocenters. The highest BCUT2D eigenvalue weighted by Crippen LogP contribution is 2.00. The van der Waals surface area contributed by atoms with Crippen LogP contribution in [0, 0.1) is 0 Å². The van der Waals surface area contributed by atoms with Crippen molar-refractivity contribution in [3.63, 3.8) is 0 Å².